The summed E-state index contributed by atoms with van der Waals surface area (Å²) in [5.74, 6) is 2.84. The topological polar surface area (TPSA) is 34.1 Å². The van der Waals surface area contributed by atoms with E-state index in [1.54, 1.807) is 0 Å². The van der Waals surface area contributed by atoms with Crippen LogP contribution in [-0.2, 0) is 0 Å². The van der Waals surface area contributed by atoms with Crippen molar-refractivity contribution in [1.82, 2.24) is 20.0 Å². The molecule has 0 amide bonds. The largest absolute Gasteiger partial charge is 0.355 e. The Kier molecular flexibility index (Phi) is 8.07. The molecule has 0 aromatic carbocycles. The second-order valence-electron chi connectivity index (χ2n) is 7.92. The molecule has 1 atom stereocenters. The van der Waals surface area contributed by atoms with Crippen LogP contribution in [0.5, 0.6) is 0 Å². The van der Waals surface area contributed by atoms with Crippen molar-refractivity contribution < 1.29 is 0 Å². The molecule has 1 aliphatic carbocycles. The summed E-state index contributed by atoms with van der Waals surface area (Å²) in [6, 6.07) is 0.651. The Morgan fingerprint density at radius 3 is 2.33 bits per heavy atom. The monoisotopic (exact) mass is 449 g/mol. The van der Waals surface area contributed by atoms with Gasteiger partial charge in [0.2, 0.25) is 0 Å². The van der Waals surface area contributed by atoms with Gasteiger partial charge in [0.1, 0.15) is 0 Å². The predicted octanol–water partition coefficient (Wildman–Crippen LogP) is 1.94. The van der Waals surface area contributed by atoms with Crippen LogP contribution in [0.2, 0.25) is 0 Å². The summed E-state index contributed by atoms with van der Waals surface area (Å²) in [7, 11) is 4.11. The Bertz CT molecular complexity index is 400. The van der Waals surface area contributed by atoms with Crippen molar-refractivity contribution in [2.24, 2.45) is 16.8 Å². The smallest absolute Gasteiger partial charge is 0.193 e. The molecule has 3 heterocycles. The van der Waals surface area contributed by atoms with Crippen molar-refractivity contribution in [2.75, 3.05) is 59.9 Å². The van der Waals surface area contributed by atoms with E-state index >= 15 is 0 Å². The van der Waals surface area contributed by atoms with Gasteiger partial charge in [-0.05, 0) is 24.7 Å². The average Bonchev–Trinajstić information content (AvgIpc) is 2.58. The molecule has 0 aromatic rings. The average molecular weight is 449 g/mol. The molecule has 0 radical (unpaired) electrons. The maximum atomic E-state index is 4.51. The molecule has 140 valence electrons. The Labute approximate surface area is 165 Å². The molecule has 5 nitrogen and oxygen atoms in total. The lowest BCUT2D eigenvalue weighted by Gasteiger charge is -2.47. The molecule has 4 aliphatic rings. The van der Waals surface area contributed by atoms with E-state index < -0.39 is 0 Å². The number of aliphatic imine (C=N–C) groups is 1. The standard InChI is InChI=1S/C18H35N5.HI/c1-15-4-6-16(7-5-15)13-21(3)18(19-2)20-12-17-14-22-8-10-23(17)11-9-22;/h15-17H,4-14H2,1-3H3,(H,19,20);1H. The van der Waals surface area contributed by atoms with Crippen molar-refractivity contribution in [2.45, 2.75) is 38.6 Å². The SMILES string of the molecule is CN=C(NCC1CN2CCN1CC2)N(C)CC1CCC(C)CC1.I. The molecule has 1 saturated carbocycles. The minimum Gasteiger partial charge on any atom is -0.355 e. The highest BCUT2D eigenvalue weighted by Crippen LogP contribution is 2.28. The van der Waals surface area contributed by atoms with E-state index in [0.717, 1.165) is 30.9 Å². The molecule has 1 unspecified atom stereocenters. The summed E-state index contributed by atoms with van der Waals surface area (Å²) in [4.78, 5) is 12.1. The fourth-order valence-corrected chi connectivity index (χ4v) is 4.50. The summed E-state index contributed by atoms with van der Waals surface area (Å²) in [5.41, 5.74) is 0. The number of rotatable bonds is 4. The number of piperazine rings is 3. The van der Waals surface area contributed by atoms with Crippen LogP contribution >= 0.6 is 24.0 Å². The van der Waals surface area contributed by atoms with Crippen molar-refractivity contribution in [3.63, 3.8) is 0 Å². The third-order valence-corrected chi connectivity index (χ3v) is 6.13. The van der Waals surface area contributed by atoms with Crippen molar-refractivity contribution in [3.05, 3.63) is 0 Å². The van der Waals surface area contributed by atoms with E-state index in [0.29, 0.717) is 6.04 Å². The molecule has 6 heteroatoms. The molecule has 4 rings (SSSR count). The van der Waals surface area contributed by atoms with Crippen LogP contribution in [0.4, 0.5) is 0 Å². The summed E-state index contributed by atoms with van der Waals surface area (Å²) in [6.07, 6.45) is 5.57. The number of halogens is 1. The zero-order valence-electron chi connectivity index (χ0n) is 15.7. The highest BCUT2D eigenvalue weighted by molar-refractivity contribution is 14.0. The van der Waals surface area contributed by atoms with Crippen LogP contribution in [0.15, 0.2) is 4.99 Å². The van der Waals surface area contributed by atoms with Crippen molar-refractivity contribution in [1.29, 1.82) is 0 Å². The highest BCUT2D eigenvalue weighted by Gasteiger charge is 2.31. The van der Waals surface area contributed by atoms with Gasteiger partial charge in [-0.2, -0.15) is 0 Å². The summed E-state index contributed by atoms with van der Waals surface area (Å²) in [6.45, 7) is 10.8. The third-order valence-electron chi connectivity index (χ3n) is 6.13. The van der Waals surface area contributed by atoms with Gasteiger partial charge in [-0.3, -0.25) is 14.8 Å². The maximum absolute atomic E-state index is 4.51. The zero-order chi connectivity index (χ0) is 16.2. The van der Waals surface area contributed by atoms with E-state index in [4.69, 9.17) is 0 Å². The van der Waals surface area contributed by atoms with Crippen LogP contribution in [0.1, 0.15) is 32.6 Å². The second kappa shape index (κ2) is 9.57. The van der Waals surface area contributed by atoms with Crippen LogP contribution < -0.4 is 5.32 Å². The van der Waals surface area contributed by atoms with E-state index in [-0.39, 0.29) is 24.0 Å². The van der Waals surface area contributed by atoms with Crippen LogP contribution in [-0.4, -0.2) is 86.6 Å². The lowest BCUT2D eigenvalue weighted by atomic mass is 9.83. The molecular weight excluding hydrogens is 413 g/mol. The Balaban J connectivity index is 0.00000208. The minimum atomic E-state index is 0. The van der Waals surface area contributed by atoms with E-state index in [1.807, 2.05) is 7.05 Å². The van der Waals surface area contributed by atoms with E-state index in [2.05, 4.69) is 39.0 Å². The number of hydrogen-bond acceptors (Lipinski definition) is 3. The zero-order valence-corrected chi connectivity index (χ0v) is 18.0. The summed E-state index contributed by atoms with van der Waals surface area (Å²) < 4.78 is 0. The van der Waals surface area contributed by atoms with Gasteiger partial charge < -0.3 is 10.2 Å². The molecule has 3 aliphatic heterocycles. The van der Waals surface area contributed by atoms with Crippen LogP contribution in [0, 0.1) is 11.8 Å². The van der Waals surface area contributed by atoms with Gasteiger partial charge in [-0.15, -0.1) is 24.0 Å². The highest BCUT2D eigenvalue weighted by atomic mass is 127. The van der Waals surface area contributed by atoms with Crippen LogP contribution in [0.25, 0.3) is 0 Å². The third kappa shape index (κ3) is 5.21. The number of nitrogens with one attached hydrogen (secondary N) is 1. The molecule has 1 N–H and O–H groups in total. The first-order valence-electron chi connectivity index (χ1n) is 9.54. The van der Waals surface area contributed by atoms with Gasteiger partial charge in [-0.1, -0.05) is 19.8 Å². The Morgan fingerprint density at radius 1 is 1.12 bits per heavy atom. The lowest BCUT2D eigenvalue weighted by molar-refractivity contribution is 0.0152. The molecular formula is C18H36IN5. The first-order chi connectivity index (χ1) is 11.2. The number of fused-ring (bicyclic) bond motifs is 3. The van der Waals surface area contributed by atoms with Crippen LogP contribution in [0.3, 0.4) is 0 Å². The Hall–Kier alpha value is -0.0800. The first-order valence-corrected chi connectivity index (χ1v) is 9.54. The molecule has 2 bridgehead atoms. The van der Waals surface area contributed by atoms with Crippen molar-refractivity contribution >= 4 is 29.9 Å². The molecule has 24 heavy (non-hydrogen) atoms. The van der Waals surface area contributed by atoms with Gasteiger partial charge in [0, 0.05) is 66.0 Å². The predicted molar refractivity (Wildman–Crippen MR) is 112 cm³/mol. The van der Waals surface area contributed by atoms with E-state index in [1.165, 1.54) is 58.4 Å². The summed E-state index contributed by atoms with van der Waals surface area (Å²) >= 11 is 0. The summed E-state index contributed by atoms with van der Waals surface area (Å²) in [5, 5.41) is 3.63. The molecule has 0 spiro atoms. The van der Waals surface area contributed by atoms with Gasteiger partial charge in [0.25, 0.3) is 0 Å². The Morgan fingerprint density at radius 2 is 1.79 bits per heavy atom. The molecule has 3 saturated heterocycles. The number of guanidine groups is 1. The normalized spacial score (nSPS) is 36.1. The van der Waals surface area contributed by atoms with Gasteiger partial charge in [-0.25, -0.2) is 0 Å². The number of hydrogen-bond donors (Lipinski definition) is 1. The van der Waals surface area contributed by atoms with Gasteiger partial charge >= 0.3 is 0 Å². The van der Waals surface area contributed by atoms with Crippen molar-refractivity contribution in [3.8, 4) is 0 Å². The molecule has 4 fully saturated rings. The molecule has 0 aromatic heterocycles. The quantitative estimate of drug-likeness (QED) is 0.404. The minimum absolute atomic E-state index is 0. The number of nitrogens with zero attached hydrogens (tertiary/aromatic N) is 4. The second-order valence-corrected chi connectivity index (χ2v) is 7.92. The van der Waals surface area contributed by atoms with E-state index in [9.17, 15) is 0 Å². The van der Waals surface area contributed by atoms with Gasteiger partial charge in [0.05, 0.1) is 0 Å². The lowest BCUT2D eigenvalue weighted by Crippen LogP contribution is -2.64. The first kappa shape index (κ1) is 20.2. The maximum Gasteiger partial charge on any atom is 0.193 e. The fraction of sp³-hybridized carbons (Fsp3) is 0.944. The van der Waals surface area contributed by atoms with Gasteiger partial charge in [0.15, 0.2) is 5.96 Å². The fourth-order valence-electron chi connectivity index (χ4n) is 4.50.